The standard InChI is InChI=1S/C16H14N8O2/c1-10-4-6-11(7-5-10)20-22-14-13(18-15-16(19-14)24-26-23-15)21-17-9-12-3-2-8-25-12/h2-9,20H,1H3,(H,18,21,23)(H,19,22,24)/b17-9+. The van der Waals surface area contributed by atoms with Gasteiger partial charge in [0.25, 0.3) is 0 Å². The summed E-state index contributed by atoms with van der Waals surface area (Å²) in [5.41, 5.74) is 11.4. The van der Waals surface area contributed by atoms with Crippen molar-refractivity contribution in [1.82, 2.24) is 20.3 Å². The van der Waals surface area contributed by atoms with Crippen molar-refractivity contribution >= 4 is 34.8 Å². The van der Waals surface area contributed by atoms with Gasteiger partial charge in [-0.1, -0.05) is 17.7 Å². The lowest BCUT2D eigenvalue weighted by Gasteiger charge is -2.11. The fraction of sp³-hybridized carbons (Fsp3) is 0.0625. The number of hydrogen-bond acceptors (Lipinski definition) is 10. The molecule has 0 unspecified atom stereocenters. The summed E-state index contributed by atoms with van der Waals surface area (Å²) in [6, 6.07) is 11.4. The summed E-state index contributed by atoms with van der Waals surface area (Å²) >= 11 is 0. The van der Waals surface area contributed by atoms with E-state index >= 15 is 0 Å². The van der Waals surface area contributed by atoms with Crippen molar-refractivity contribution in [2.75, 3.05) is 16.3 Å². The number of hydrogen-bond donors (Lipinski definition) is 3. The molecule has 4 rings (SSSR count). The molecule has 0 saturated carbocycles. The summed E-state index contributed by atoms with van der Waals surface area (Å²) in [4.78, 5) is 8.61. The quantitative estimate of drug-likeness (QED) is 0.355. The van der Waals surface area contributed by atoms with Gasteiger partial charge in [0.2, 0.25) is 11.3 Å². The van der Waals surface area contributed by atoms with Crippen molar-refractivity contribution < 1.29 is 9.05 Å². The van der Waals surface area contributed by atoms with Crippen LogP contribution in [0.1, 0.15) is 11.3 Å². The third-order valence-corrected chi connectivity index (χ3v) is 3.40. The fourth-order valence-corrected chi connectivity index (χ4v) is 2.09. The molecule has 0 amide bonds. The molecule has 0 aliphatic rings. The SMILES string of the molecule is Cc1ccc(NNc2nc3nonc3nc2N/N=C/c2ccco2)cc1. The zero-order chi connectivity index (χ0) is 17.8. The second-order valence-corrected chi connectivity index (χ2v) is 5.33. The van der Waals surface area contributed by atoms with Crippen LogP contribution < -0.4 is 16.3 Å². The average Bonchev–Trinajstić information content (AvgIpc) is 3.32. The minimum atomic E-state index is 0.265. The van der Waals surface area contributed by atoms with Gasteiger partial charge in [-0.25, -0.2) is 4.63 Å². The van der Waals surface area contributed by atoms with E-state index in [-0.39, 0.29) is 11.3 Å². The van der Waals surface area contributed by atoms with Crippen molar-refractivity contribution in [1.29, 1.82) is 0 Å². The highest BCUT2D eigenvalue weighted by Gasteiger charge is 2.12. The van der Waals surface area contributed by atoms with Crippen LogP contribution in [0.3, 0.4) is 0 Å². The predicted molar refractivity (Wildman–Crippen MR) is 95.7 cm³/mol. The Morgan fingerprint density at radius 2 is 1.73 bits per heavy atom. The van der Waals surface area contributed by atoms with E-state index in [2.05, 4.69) is 46.3 Å². The average molecular weight is 350 g/mol. The van der Waals surface area contributed by atoms with Crippen molar-refractivity contribution in [2.45, 2.75) is 6.92 Å². The van der Waals surface area contributed by atoms with Crippen molar-refractivity contribution in [3.05, 3.63) is 54.0 Å². The lowest BCUT2D eigenvalue weighted by molar-refractivity contribution is 0.314. The molecule has 10 heteroatoms. The normalized spacial score (nSPS) is 11.1. The van der Waals surface area contributed by atoms with Gasteiger partial charge < -0.3 is 4.42 Å². The van der Waals surface area contributed by atoms with Crippen LogP contribution in [-0.2, 0) is 0 Å². The molecule has 0 atom stereocenters. The number of hydrazine groups is 1. The van der Waals surface area contributed by atoms with E-state index in [1.165, 1.54) is 11.8 Å². The molecular formula is C16H14N8O2. The van der Waals surface area contributed by atoms with Gasteiger partial charge in [0.1, 0.15) is 5.76 Å². The summed E-state index contributed by atoms with van der Waals surface area (Å²) in [6.07, 6.45) is 3.08. The summed E-state index contributed by atoms with van der Waals surface area (Å²) in [6.45, 7) is 2.02. The van der Waals surface area contributed by atoms with Crippen molar-refractivity contribution in [2.24, 2.45) is 5.10 Å². The molecule has 0 spiro atoms. The highest BCUT2D eigenvalue weighted by molar-refractivity contribution is 5.78. The highest BCUT2D eigenvalue weighted by Crippen LogP contribution is 2.20. The molecule has 3 heterocycles. The summed E-state index contributed by atoms with van der Waals surface area (Å²) in [7, 11) is 0. The number of hydrazone groups is 1. The zero-order valence-corrected chi connectivity index (χ0v) is 13.7. The van der Waals surface area contributed by atoms with E-state index in [1.807, 2.05) is 31.2 Å². The van der Waals surface area contributed by atoms with Gasteiger partial charge >= 0.3 is 0 Å². The number of rotatable bonds is 6. The van der Waals surface area contributed by atoms with E-state index < -0.39 is 0 Å². The first-order valence-electron chi connectivity index (χ1n) is 7.69. The van der Waals surface area contributed by atoms with E-state index in [4.69, 9.17) is 4.42 Å². The van der Waals surface area contributed by atoms with Gasteiger partial charge in [0.15, 0.2) is 11.6 Å². The number of nitrogens with zero attached hydrogens (tertiary/aromatic N) is 5. The van der Waals surface area contributed by atoms with E-state index in [0.717, 1.165) is 5.69 Å². The molecule has 0 bridgehead atoms. The molecule has 0 fully saturated rings. The Morgan fingerprint density at radius 1 is 0.962 bits per heavy atom. The van der Waals surface area contributed by atoms with Gasteiger partial charge in [-0.2, -0.15) is 15.1 Å². The molecule has 130 valence electrons. The van der Waals surface area contributed by atoms with Crippen LogP contribution in [0.2, 0.25) is 0 Å². The largest absolute Gasteiger partial charge is 0.463 e. The van der Waals surface area contributed by atoms with E-state index in [1.54, 1.807) is 18.4 Å². The topological polar surface area (TPSA) is 126 Å². The van der Waals surface area contributed by atoms with Crippen LogP contribution in [0.5, 0.6) is 0 Å². The highest BCUT2D eigenvalue weighted by atomic mass is 16.6. The van der Waals surface area contributed by atoms with Gasteiger partial charge in [-0.15, -0.1) is 0 Å². The van der Waals surface area contributed by atoms with E-state index in [0.29, 0.717) is 17.4 Å². The Hall–Kier alpha value is -3.95. The Kier molecular flexibility index (Phi) is 4.13. The van der Waals surface area contributed by atoms with Crippen LogP contribution >= 0.6 is 0 Å². The molecule has 1 aromatic carbocycles. The van der Waals surface area contributed by atoms with Crippen LogP contribution in [-0.4, -0.2) is 26.5 Å². The first kappa shape index (κ1) is 15.6. The van der Waals surface area contributed by atoms with Gasteiger partial charge in [-0.3, -0.25) is 16.3 Å². The number of nitrogens with one attached hydrogen (secondary N) is 3. The van der Waals surface area contributed by atoms with Crippen LogP contribution in [0.15, 0.2) is 56.8 Å². The number of benzene rings is 1. The molecule has 26 heavy (non-hydrogen) atoms. The molecule has 0 radical (unpaired) electrons. The Labute approximate surface area is 147 Å². The molecule has 3 aromatic heterocycles. The summed E-state index contributed by atoms with van der Waals surface area (Å²) < 4.78 is 9.84. The smallest absolute Gasteiger partial charge is 0.245 e. The third-order valence-electron chi connectivity index (χ3n) is 3.40. The molecular weight excluding hydrogens is 336 g/mol. The predicted octanol–water partition coefficient (Wildman–Crippen LogP) is 2.80. The second-order valence-electron chi connectivity index (χ2n) is 5.33. The van der Waals surface area contributed by atoms with Gasteiger partial charge in [0, 0.05) is 0 Å². The number of furan rings is 1. The van der Waals surface area contributed by atoms with Crippen molar-refractivity contribution in [3.63, 3.8) is 0 Å². The minimum Gasteiger partial charge on any atom is -0.463 e. The Bertz CT molecular complexity index is 1020. The minimum absolute atomic E-state index is 0.265. The number of aromatic nitrogens is 4. The number of aryl methyl sites for hydroxylation is 1. The molecule has 0 aliphatic heterocycles. The fourth-order valence-electron chi connectivity index (χ4n) is 2.09. The molecule has 4 aromatic rings. The van der Waals surface area contributed by atoms with Gasteiger partial charge in [-0.05, 0) is 41.5 Å². The van der Waals surface area contributed by atoms with Crippen LogP contribution in [0.4, 0.5) is 17.3 Å². The van der Waals surface area contributed by atoms with Gasteiger partial charge in [0.05, 0.1) is 18.2 Å². The number of anilines is 3. The second kappa shape index (κ2) is 6.89. The van der Waals surface area contributed by atoms with Crippen molar-refractivity contribution in [3.8, 4) is 0 Å². The maximum Gasteiger partial charge on any atom is 0.245 e. The third kappa shape index (κ3) is 3.43. The lowest BCUT2D eigenvalue weighted by atomic mass is 10.2. The molecule has 0 saturated heterocycles. The molecule has 10 nitrogen and oxygen atoms in total. The first-order valence-corrected chi connectivity index (χ1v) is 7.69. The lowest BCUT2D eigenvalue weighted by Crippen LogP contribution is -2.13. The number of fused-ring (bicyclic) bond motifs is 1. The Balaban J connectivity index is 1.55. The Morgan fingerprint density at radius 3 is 2.46 bits per heavy atom. The maximum atomic E-state index is 5.18. The first-order chi connectivity index (χ1) is 12.8. The van der Waals surface area contributed by atoms with Crippen LogP contribution in [0, 0.1) is 6.92 Å². The summed E-state index contributed by atoms with van der Waals surface area (Å²) in [5, 5.41) is 11.5. The monoisotopic (exact) mass is 350 g/mol. The molecule has 3 N–H and O–H groups in total. The maximum absolute atomic E-state index is 5.18. The zero-order valence-electron chi connectivity index (χ0n) is 13.7. The summed E-state index contributed by atoms with van der Waals surface area (Å²) in [5.74, 6) is 1.32. The molecule has 0 aliphatic carbocycles. The van der Waals surface area contributed by atoms with Crippen LogP contribution in [0.25, 0.3) is 11.3 Å². The van der Waals surface area contributed by atoms with E-state index in [9.17, 15) is 0 Å².